The summed E-state index contributed by atoms with van der Waals surface area (Å²) in [6.07, 6.45) is 1.83. The first kappa shape index (κ1) is 16.3. The van der Waals surface area contributed by atoms with E-state index in [2.05, 4.69) is 39.1 Å². The van der Waals surface area contributed by atoms with Gasteiger partial charge in [-0.25, -0.2) is 0 Å². The fourth-order valence-electron chi connectivity index (χ4n) is 2.89. The highest BCUT2D eigenvalue weighted by atomic mass is 32.2. The molecule has 2 nitrogen and oxygen atoms in total. The van der Waals surface area contributed by atoms with Crippen LogP contribution in [0.1, 0.15) is 48.0 Å². The van der Waals surface area contributed by atoms with Crippen LogP contribution in [0.3, 0.4) is 0 Å². The van der Waals surface area contributed by atoms with Crippen molar-refractivity contribution in [2.45, 2.75) is 52.2 Å². The van der Waals surface area contributed by atoms with E-state index in [4.69, 9.17) is 0 Å². The Bertz CT molecular complexity index is 436. The number of hydrogen-bond donors (Lipinski definition) is 2. The minimum absolute atomic E-state index is 0.346. The van der Waals surface area contributed by atoms with Crippen LogP contribution in [-0.4, -0.2) is 28.8 Å². The second-order valence-corrected chi connectivity index (χ2v) is 8.99. The third-order valence-electron chi connectivity index (χ3n) is 4.16. The van der Waals surface area contributed by atoms with Gasteiger partial charge in [-0.2, -0.15) is 11.8 Å². The summed E-state index contributed by atoms with van der Waals surface area (Å²) in [4.78, 5) is 2.78. The van der Waals surface area contributed by atoms with Crippen LogP contribution in [-0.2, 0) is 0 Å². The summed E-state index contributed by atoms with van der Waals surface area (Å²) in [5.74, 6) is 2.70. The molecule has 4 heteroatoms. The minimum Gasteiger partial charge on any atom is -0.389 e. The van der Waals surface area contributed by atoms with E-state index in [1.807, 2.05) is 23.1 Å². The number of aliphatic hydroxyl groups is 1. The van der Waals surface area contributed by atoms with Gasteiger partial charge < -0.3 is 10.4 Å². The molecule has 0 aromatic carbocycles. The van der Waals surface area contributed by atoms with E-state index in [0.29, 0.717) is 18.5 Å². The largest absolute Gasteiger partial charge is 0.389 e. The number of hydrogen-bond acceptors (Lipinski definition) is 4. The first-order valence-corrected chi connectivity index (χ1v) is 9.49. The van der Waals surface area contributed by atoms with Crippen LogP contribution in [0, 0.1) is 19.8 Å². The minimum atomic E-state index is -0.503. The Hall–Kier alpha value is -0.0300. The molecule has 0 spiro atoms. The molecule has 2 rings (SSSR count). The summed E-state index contributed by atoms with van der Waals surface area (Å²) in [7, 11) is 0. The average molecular weight is 314 g/mol. The molecule has 0 amide bonds. The number of thiophene rings is 1. The van der Waals surface area contributed by atoms with E-state index in [1.165, 1.54) is 15.3 Å². The smallest absolute Gasteiger partial charge is 0.0787 e. The zero-order chi connectivity index (χ0) is 14.8. The van der Waals surface area contributed by atoms with Crippen molar-refractivity contribution < 1.29 is 5.11 Å². The first-order chi connectivity index (χ1) is 9.41. The monoisotopic (exact) mass is 313 g/mol. The predicted molar refractivity (Wildman–Crippen MR) is 90.9 cm³/mol. The zero-order valence-electron chi connectivity index (χ0n) is 13.0. The maximum atomic E-state index is 10.7. The lowest BCUT2D eigenvalue weighted by Crippen LogP contribution is -2.45. The molecule has 1 unspecified atom stereocenters. The molecular weight excluding hydrogens is 286 g/mol. The second-order valence-electron chi connectivity index (χ2n) is 6.31. The van der Waals surface area contributed by atoms with Crippen molar-refractivity contribution in [2.24, 2.45) is 5.92 Å². The van der Waals surface area contributed by atoms with Gasteiger partial charge in [-0.3, -0.25) is 0 Å². The number of aryl methyl sites for hydroxylation is 2. The van der Waals surface area contributed by atoms with Gasteiger partial charge >= 0.3 is 0 Å². The molecule has 1 aliphatic heterocycles. The van der Waals surface area contributed by atoms with E-state index in [9.17, 15) is 5.11 Å². The van der Waals surface area contributed by atoms with Gasteiger partial charge in [0.15, 0.2) is 0 Å². The van der Waals surface area contributed by atoms with Crippen LogP contribution in [0.4, 0.5) is 0 Å². The fourth-order valence-corrected chi connectivity index (χ4v) is 5.12. The van der Waals surface area contributed by atoms with Gasteiger partial charge in [0.05, 0.1) is 5.60 Å². The second kappa shape index (κ2) is 6.82. The molecule has 0 radical (unpaired) electrons. The maximum absolute atomic E-state index is 10.7. The zero-order valence-corrected chi connectivity index (χ0v) is 14.7. The molecule has 1 fully saturated rings. The predicted octanol–water partition coefficient (Wildman–Crippen LogP) is 3.91. The van der Waals surface area contributed by atoms with Crippen LogP contribution >= 0.6 is 23.1 Å². The third-order valence-corrected chi connectivity index (χ3v) is 6.12. The Balaban J connectivity index is 2.05. The summed E-state index contributed by atoms with van der Waals surface area (Å²) in [6, 6.07) is 2.65. The first-order valence-electron chi connectivity index (χ1n) is 7.52. The summed E-state index contributed by atoms with van der Waals surface area (Å²) < 4.78 is 0. The Morgan fingerprint density at radius 1 is 1.30 bits per heavy atom. The van der Waals surface area contributed by atoms with Crippen molar-refractivity contribution in [2.75, 3.05) is 18.1 Å². The molecule has 114 valence electrons. The fraction of sp³-hybridized carbons (Fsp3) is 0.750. The highest BCUT2D eigenvalue weighted by Crippen LogP contribution is 2.32. The van der Waals surface area contributed by atoms with E-state index < -0.39 is 5.60 Å². The van der Waals surface area contributed by atoms with Crippen LogP contribution in [0.5, 0.6) is 0 Å². The van der Waals surface area contributed by atoms with Crippen LogP contribution in [0.15, 0.2) is 6.07 Å². The molecular formula is C16H27NOS2. The lowest BCUT2D eigenvalue weighted by atomic mass is 9.92. The van der Waals surface area contributed by atoms with Crippen molar-refractivity contribution in [1.29, 1.82) is 0 Å². The van der Waals surface area contributed by atoms with Crippen molar-refractivity contribution in [3.8, 4) is 0 Å². The van der Waals surface area contributed by atoms with Crippen LogP contribution < -0.4 is 5.32 Å². The average Bonchev–Trinajstić information content (AvgIpc) is 2.69. The maximum Gasteiger partial charge on any atom is 0.0787 e. The highest BCUT2D eigenvalue weighted by Gasteiger charge is 2.31. The molecule has 0 aliphatic carbocycles. The molecule has 0 saturated carbocycles. The van der Waals surface area contributed by atoms with Crippen molar-refractivity contribution in [3.05, 3.63) is 21.4 Å². The SMILES string of the molecule is Cc1cc(C(NCC2(O)CCSCC2)C(C)C)c(C)s1. The van der Waals surface area contributed by atoms with Gasteiger partial charge in [0.25, 0.3) is 0 Å². The van der Waals surface area contributed by atoms with Gasteiger partial charge in [0, 0.05) is 22.3 Å². The third kappa shape index (κ3) is 4.00. The summed E-state index contributed by atoms with van der Waals surface area (Å²) in [5, 5.41) is 14.3. The Morgan fingerprint density at radius 3 is 2.45 bits per heavy atom. The molecule has 1 saturated heterocycles. The van der Waals surface area contributed by atoms with E-state index >= 15 is 0 Å². The molecule has 1 aliphatic rings. The number of rotatable bonds is 5. The summed E-state index contributed by atoms with van der Waals surface area (Å²) >= 11 is 3.82. The van der Waals surface area contributed by atoms with E-state index in [0.717, 1.165) is 24.3 Å². The van der Waals surface area contributed by atoms with Gasteiger partial charge in [-0.1, -0.05) is 13.8 Å². The Labute approximate surface area is 131 Å². The topological polar surface area (TPSA) is 32.3 Å². The normalized spacial score (nSPS) is 20.3. The highest BCUT2D eigenvalue weighted by molar-refractivity contribution is 7.99. The van der Waals surface area contributed by atoms with Crippen molar-refractivity contribution in [3.63, 3.8) is 0 Å². The molecule has 1 aromatic rings. The lowest BCUT2D eigenvalue weighted by molar-refractivity contribution is 0.0280. The van der Waals surface area contributed by atoms with Crippen molar-refractivity contribution >= 4 is 23.1 Å². The number of thioether (sulfide) groups is 1. The molecule has 1 aromatic heterocycles. The molecule has 1 atom stereocenters. The van der Waals surface area contributed by atoms with Gasteiger partial charge in [0.1, 0.15) is 0 Å². The van der Waals surface area contributed by atoms with Gasteiger partial charge in [-0.05, 0) is 55.7 Å². The quantitative estimate of drug-likeness (QED) is 0.864. The van der Waals surface area contributed by atoms with Crippen LogP contribution in [0.2, 0.25) is 0 Å². The van der Waals surface area contributed by atoms with Crippen molar-refractivity contribution in [1.82, 2.24) is 5.32 Å². The number of nitrogens with one attached hydrogen (secondary N) is 1. The Morgan fingerprint density at radius 2 is 1.95 bits per heavy atom. The van der Waals surface area contributed by atoms with E-state index in [1.54, 1.807) is 0 Å². The lowest BCUT2D eigenvalue weighted by Gasteiger charge is -2.34. The van der Waals surface area contributed by atoms with Crippen LogP contribution in [0.25, 0.3) is 0 Å². The summed E-state index contributed by atoms with van der Waals surface area (Å²) in [5.41, 5.74) is 0.911. The molecule has 2 N–H and O–H groups in total. The van der Waals surface area contributed by atoms with Gasteiger partial charge in [-0.15, -0.1) is 11.3 Å². The van der Waals surface area contributed by atoms with E-state index in [-0.39, 0.29) is 0 Å². The summed E-state index contributed by atoms with van der Waals surface area (Å²) in [6.45, 7) is 9.60. The molecule has 0 bridgehead atoms. The Kier molecular flexibility index (Phi) is 5.57. The molecule has 2 heterocycles. The standard InChI is InChI=1S/C16H27NOS2/c1-11(2)15(14-9-12(3)20-13(14)4)17-10-16(18)5-7-19-8-6-16/h9,11,15,17-18H,5-8,10H2,1-4H3. The molecule has 20 heavy (non-hydrogen) atoms. The van der Waals surface area contributed by atoms with Gasteiger partial charge in [0.2, 0.25) is 0 Å².